The predicted molar refractivity (Wildman–Crippen MR) is 78.1 cm³/mol. The Hall–Kier alpha value is -1.68. The fourth-order valence-electron chi connectivity index (χ4n) is 2.92. The molecular weight excluding hydrogens is 236 g/mol. The van der Waals surface area contributed by atoms with E-state index in [1.165, 1.54) is 5.39 Å². The molecule has 1 aliphatic rings. The third-order valence-electron chi connectivity index (χ3n) is 4.17. The molecule has 2 heterocycles. The second-order valence-electron chi connectivity index (χ2n) is 5.32. The van der Waals surface area contributed by atoms with Crippen LogP contribution in [-0.4, -0.2) is 29.3 Å². The van der Waals surface area contributed by atoms with E-state index in [-0.39, 0.29) is 0 Å². The Balaban J connectivity index is 1.96. The molecule has 1 aliphatic heterocycles. The topological polar surface area (TPSA) is 55.0 Å². The van der Waals surface area contributed by atoms with Crippen molar-refractivity contribution in [2.24, 2.45) is 11.7 Å². The largest absolute Gasteiger partial charge is 0.354 e. The van der Waals surface area contributed by atoms with E-state index in [4.69, 9.17) is 5.73 Å². The minimum atomic E-state index is 0.323. The highest BCUT2D eigenvalue weighted by Gasteiger charge is 2.26. The Morgan fingerprint density at radius 1 is 1.37 bits per heavy atom. The lowest BCUT2D eigenvalue weighted by atomic mass is 9.90. The van der Waals surface area contributed by atoms with Crippen LogP contribution in [0.5, 0.6) is 0 Å². The average molecular weight is 256 g/mol. The molecule has 2 atom stereocenters. The maximum atomic E-state index is 6.18. The van der Waals surface area contributed by atoms with Gasteiger partial charge < -0.3 is 10.6 Å². The maximum absolute atomic E-state index is 6.18. The summed E-state index contributed by atoms with van der Waals surface area (Å²) in [4.78, 5) is 2.34. The molecule has 1 aromatic carbocycles. The Morgan fingerprint density at radius 3 is 3.05 bits per heavy atom. The summed E-state index contributed by atoms with van der Waals surface area (Å²) in [5, 5.41) is 10.8. The quantitative estimate of drug-likeness (QED) is 0.895. The highest BCUT2D eigenvalue weighted by molar-refractivity contribution is 5.91. The van der Waals surface area contributed by atoms with Crippen LogP contribution in [0.15, 0.2) is 30.5 Å². The van der Waals surface area contributed by atoms with Crippen LogP contribution in [0.25, 0.3) is 10.8 Å². The number of nitrogens with zero attached hydrogens (tertiary/aromatic N) is 3. The van der Waals surface area contributed by atoms with E-state index in [1.807, 2.05) is 12.3 Å². The van der Waals surface area contributed by atoms with Crippen molar-refractivity contribution in [3.8, 4) is 0 Å². The summed E-state index contributed by atoms with van der Waals surface area (Å²) in [5.74, 6) is 1.55. The summed E-state index contributed by atoms with van der Waals surface area (Å²) < 4.78 is 0. The van der Waals surface area contributed by atoms with Crippen LogP contribution in [0.4, 0.5) is 5.82 Å². The van der Waals surface area contributed by atoms with Crippen LogP contribution in [0.1, 0.15) is 19.8 Å². The summed E-state index contributed by atoms with van der Waals surface area (Å²) in [5.41, 5.74) is 6.18. The summed E-state index contributed by atoms with van der Waals surface area (Å²) in [7, 11) is 0. The molecule has 1 saturated heterocycles. The van der Waals surface area contributed by atoms with Gasteiger partial charge in [0.15, 0.2) is 5.82 Å². The van der Waals surface area contributed by atoms with E-state index in [0.717, 1.165) is 37.1 Å². The second kappa shape index (κ2) is 5.13. The first kappa shape index (κ1) is 12.4. The number of benzene rings is 1. The van der Waals surface area contributed by atoms with Gasteiger partial charge in [-0.2, -0.15) is 5.10 Å². The fourth-order valence-corrected chi connectivity index (χ4v) is 2.92. The van der Waals surface area contributed by atoms with Gasteiger partial charge in [0.2, 0.25) is 0 Å². The molecule has 0 radical (unpaired) electrons. The number of hydrogen-bond acceptors (Lipinski definition) is 4. The van der Waals surface area contributed by atoms with Gasteiger partial charge in [0.25, 0.3) is 0 Å². The van der Waals surface area contributed by atoms with Gasteiger partial charge in [0, 0.05) is 29.9 Å². The highest BCUT2D eigenvalue weighted by Crippen LogP contribution is 2.28. The molecular formula is C15H20N4. The van der Waals surface area contributed by atoms with Gasteiger partial charge in [0.05, 0.1) is 6.20 Å². The number of anilines is 1. The van der Waals surface area contributed by atoms with Gasteiger partial charge in [-0.15, -0.1) is 5.10 Å². The standard InChI is InChI=1S/C15H20N4/c1-2-11-10-19(8-7-14(11)16)15-13-6-4-3-5-12(13)9-17-18-15/h3-6,9,11,14H,2,7-8,10,16H2,1H3. The SMILES string of the molecule is CCC1CN(c2nncc3ccccc23)CCC1N. The van der Waals surface area contributed by atoms with Crippen molar-refractivity contribution in [2.45, 2.75) is 25.8 Å². The zero-order valence-electron chi connectivity index (χ0n) is 11.3. The first-order valence-electron chi connectivity index (χ1n) is 7.00. The predicted octanol–water partition coefficient (Wildman–Crippen LogP) is 2.19. The normalized spacial score (nSPS) is 23.8. The van der Waals surface area contributed by atoms with Crippen molar-refractivity contribution in [1.82, 2.24) is 10.2 Å². The number of hydrogen-bond donors (Lipinski definition) is 1. The van der Waals surface area contributed by atoms with Crippen molar-refractivity contribution in [3.05, 3.63) is 30.5 Å². The molecule has 4 heteroatoms. The number of aromatic nitrogens is 2. The fraction of sp³-hybridized carbons (Fsp3) is 0.467. The zero-order chi connectivity index (χ0) is 13.2. The maximum Gasteiger partial charge on any atom is 0.159 e. The summed E-state index contributed by atoms with van der Waals surface area (Å²) in [6, 6.07) is 8.62. The molecule has 0 amide bonds. The zero-order valence-corrected chi connectivity index (χ0v) is 11.3. The van der Waals surface area contributed by atoms with Gasteiger partial charge in [-0.1, -0.05) is 37.6 Å². The van der Waals surface area contributed by atoms with E-state index >= 15 is 0 Å². The van der Waals surface area contributed by atoms with E-state index in [1.54, 1.807) is 0 Å². The van der Waals surface area contributed by atoms with Gasteiger partial charge in [-0.3, -0.25) is 0 Å². The van der Waals surface area contributed by atoms with Crippen LogP contribution >= 0.6 is 0 Å². The number of nitrogens with two attached hydrogens (primary N) is 1. The Labute approximate surface area is 113 Å². The molecule has 19 heavy (non-hydrogen) atoms. The third-order valence-corrected chi connectivity index (χ3v) is 4.17. The molecule has 1 fully saturated rings. The van der Waals surface area contributed by atoms with E-state index in [2.05, 4.69) is 40.2 Å². The Kier molecular flexibility index (Phi) is 3.34. The first-order chi connectivity index (χ1) is 9.29. The molecule has 0 spiro atoms. The summed E-state index contributed by atoms with van der Waals surface area (Å²) in [6.07, 6.45) is 3.98. The molecule has 2 N–H and O–H groups in total. The van der Waals surface area contributed by atoms with Crippen molar-refractivity contribution in [1.29, 1.82) is 0 Å². The average Bonchev–Trinajstić information content (AvgIpc) is 2.47. The van der Waals surface area contributed by atoms with Gasteiger partial charge in [-0.25, -0.2) is 0 Å². The summed E-state index contributed by atoms with van der Waals surface area (Å²) >= 11 is 0. The van der Waals surface area contributed by atoms with E-state index in [9.17, 15) is 0 Å². The molecule has 2 unspecified atom stereocenters. The van der Waals surface area contributed by atoms with Crippen LogP contribution < -0.4 is 10.6 Å². The Bertz CT molecular complexity index is 564. The molecule has 0 bridgehead atoms. The molecule has 1 aromatic heterocycles. The molecule has 4 nitrogen and oxygen atoms in total. The lowest BCUT2D eigenvalue weighted by Gasteiger charge is -2.37. The lowest BCUT2D eigenvalue weighted by molar-refractivity contribution is 0.347. The number of rotatable bonds is 2. The molecule has 0 aliphatic carbocycles. The van der Waals surface area contributed by atoms with Gasteiger partial charge in [0.1, 0.15) is 0 Å². The van der Waals surface area contributed by atoms with Crippen LogP contribution in [-0.2, 0) is 0 Å². The minimum Gasteiger partial charge on any atom is -0.354 e. The van der Waals surface area contributed by atoms with Crippen LogP contribution in [0.3, 0.4) is 0 Å². The van der Waals surface area contributed by atoms with Gasteiger partial charge >= 0.3 is 0 Å². The van der Waals surface area contributed by atoms with Crippen LogP contribution in [0.2, 0.25) is 0 Å². The molecule has 0 saturated carbocycles. The summed E-state index contributed by atoms with van der Waals surface area (Å²) in [6.45, 7) is 4.17. The second-order valence-corrected chi connectivity index (χ2v) is 5.32. The van der Waals surface area contributed by atoms with Crippen LogP contribution in [0, 0.1) is 5.92 Å². The van der Waals surface area contributed by atoms with Crippen molar-refractivity contribution in [2.75, 3.05) is 18.0 Å². The smallest absolute Gasteiger partial charge is 0.159 e. The van der Waals surface area contributed by atoms with E-state index in [0.29, 0.717) is 12.0 Å². The van der Waals surface area contributed by atoms with E-state index < -0.39 is 0 Å². The molecule has 100 valence electrons. The van der Waals surface area contributed by atoms with Gasteiger partial charge in [-0.05, 0) is 12.3 Å². The first-order valence-corrected chi connectivity index (χ1v) is 7.00. The van der Waals surface area contributed by atoms with Crippen molar-refractivity contribution < 1.29 is 0 Å². The van der Waals surface area contributed by atoms with Crippen molar-refractivity contribution in [3.63, 3.8) is 0 Å². The Morgan fingerprint density at radius 2 is 2.21 bits per heavy atom. The third kappa shape index (κ3) is 2.28. The number of piperidine rings is 1. The number of fused-ring (bicyclic) bond motifs is 1. The molecule has 3 rings (SSSR count). The monoisotopic (exact) mass is 256 g/mol. The molecule has 2 aromatic rings. The highest BCUT2D eigenvalue weighted by atomic mass is 15.3. The van der Waals surface area contributed by atoms with Crippen molar-refractivity contribution >= 4 is 16.6 Å². The minimum absolute atomic E-state index is 0.323. The lowest BCUT2D eigenvalue weighted by Crippen LogP contribution is -2.47.